The number of hydrogen-bond donors (Lipinski definition) is 1. The van der Waals surface area contributed by atoms with Gasteiger partial charge in [0.2, 0.25) is 0 Å². The Morgan fingerprint density at radius 2 is 2.00 bits per heavy atom. The monoisotopic (exact) mass is 266 g/mol. The molecule has 0 aromatic heterocycles. The molecule has 0 heterocycles. The zero-order valence-electron chi connectivity index (χ0n) is 11.5. The molecule has 0 saturated heterocycles. The van der Waals surface area contributed by atoms with Crippen LogP contribution in [-0.2, 0) is 4.79 Å². The minimum Gasteiger partial charge on any atom is -0.480 e. The van der Waals surface area contributed by atoms with Crippen LogP contribution in [-0.4, -0.2) is 28.1 Å². The van der Waals surface area contributed by atoms with Gasteiger partial charge < -0.3 is 10.0 Å². The zero-order valence-corrected chi connectivity index (χ0v) is 11.5. The van der Waals surface area contributed by atoms with Crippen LogP contribution in [0.4, 0.5) is 11.4 Å². The van der Waals surface area contributed by atoms with Crippen LogP contribution in [0.5, 0.6) is 0 Å². The highest BCUT2D eigenvalue weighted by Gasteiger charge is 2.29. The quantitative estimate of drug-likeness (QED) is 0.669. The summed E-state index contributed by atoms with van der Waals surface area (Å²) in [6.45, 7) is 6.93. The summed E-state index contributed by atoms with van der Waals surface area (Å²) in [7, 11) is 0. The first-order chi connectivity index (χ1) is 8.62. The van der Waals surface area contributed by atoms with E-state index in [1.165, 1.54) is 11.0 Å². The maximum Gasteiger partial charge on any atom is 0.323 e. The number of aryl methyl sites for hydroxylation is 1. The van der Waals surface area contributed by atoms with Gasteiger partial charge in [0, 0.05) is 11.6 Å². The minimum absolute atomic E-state index is 0.0730. The number of carboxylic acids is 1. The second-order valence-corrected chi connectivity index (χ2v) is 5.40. The fourth-order valence-corrected chi connectivity index (χ4v) is 1.83. The number of carbonyl (C=O) groups is 1. The van der Waals surface area contributed by atoms with Gasteiger partial charge >= 0.3 is 5.97 Å². The molecule has 0 aliphatic carbocycles. The van der Waals surface area contributed by atoms with Gasteiger partial charge in [-0.25, -0.2) is 0 Å². The number of nitro groups is 1. The minimum atomic E-state index is -1.02. The summed E-state index contributed by atoms with van der Waals surface area (Å²) in [6.07, 6.45) is 0. The number of nitro benzene ring substituents is 1. The molecule has 104 valence electrons. The molecule has 0 atom stereocenters. The van der Waals surface area contributed by atoms with Crippen molar-refractivity contribution in [2.24, 2.45) is 0 Å². The van der Waals surface area contributed by atoms with Crippen molar-refractivity contribution in [3.8, 4) is 0 Å². The van der Waals surface area contributed by atoms with E-state index in [0.717, 1.165) is 5.56 Å². The van der Waals surface area contributed by atoms with E-state index < -0.39 is 16.4 Å². The number of hydrogen-bond acceptors (Lipinski definition) is 4. The van der Waals surface area contributed by atoms with Gasteiger partial charge in [-0.3, -0.25) is 14.9 Å². The first kappa shape index (κ1) is 14.9. The molecule has 6 nitrogen and oxygen atoms in total. The maximum absolute atomic E-state index is 11.1. The Kier molecular flexibility index (Phi) is 4.14. The van der Waals surface area contributed by atoms with E-state index in [4.69, 9.17) is 5.11 Å². The molecule has 0 saturated carbocycles. The summed E-state index contributed by atoms with van der Waals surface area (Å²) in [4.78, 5) is 23.1. The van der Waals surface area contributed by atoms with Crippen LogP contribution in [0.25, 0.3) is 0 Å². The molecule has 0 spiro atoms. The Labute approximate surface area is 111 Å². The molecule has 0 fully saturated rings. The topological polar surface area (TPSA) is 83.7 Å². The third-order valence-electron chi connectivity index (χ3n) is 2.72. The third-order valence-corrected chi connectivity index (χ3v) is 2.72. The molecule has 1 aromatic rings. The number of benzene rings is 1. The standard InChI is InChI=1S/C13H18N2O4/c1-9-5-6-10(11(7-9)15(18)19)14(8-12(16)17)13(2,3)4/h5-7H,8H2,1-4H3,(H,16,17). The van der Waals surface area contributed by atoms with Crippen molar-refractivity contribution in [3.63, 3.8) is 0 Å². The lowest BCUT2D eigenvalue weighted by Crippen LogP contribution is -2.45. The summed E-state index contributed by atoms with van der Waals surface area (Å²) in [5.41, 5.74) is 0.486. The zero-order chi connectivity index (χ0) is 14.8. The van der Waals surface area contributed by atoms with Gasteiger partial charge in [0.1, 0.15) is 12.2 Å². The van der Waals surface area contributed by atoms with E-state index in [2.05, 4.69) is 0 Å². The summed E-state index contributed by atoms with van der Waals surface area (Å²) in [5, 5.41) is 20.1. The van der Waals surface area contributed by atoms with E-state index in [1.807, 2.05) is 20.8 Å². The van der Waals surface area contributed by atoms with E-state index in [-0.39, 0.29) is 12.2 Å². The lowest BCUT2D eigenvalue weighted by atomic mass is 10.0. The van der Waals surface area contributed by atoms with Gasteiger partial charge in [-0.2, -0.15) is 0 Å². The van der Waals surface area contributed by atoms with Gasteiger partial charge in [0.25, 0.3) is 5.69 Å². The molecule has 6 heteroatoms. The molecule has 0 unspecified atom stereocenters. The SMILES string of the molecule is Cc1ccc(N(CC(=O)O)C(C)(C)C)c([N+](=O)[O-])c1. The van der Waals surface area contributed by atoms with E-state index in [9.17, 15) is 14.9 Å². The molecule has 0 aliphatic heterocycles. The Hall–Kier alpha value is -2.11. The summed E-state index contributed by atoms with van der Waals surface area (Å²) in [5.74, 6) is -1.02. The second-order valence-electron chi connectivity index (χ2n) is 5.40. The average Bonchev–Trinajstić information content (AvgIpc) is 2.24. The lowest BCUT2D eigenvalue weighted by Gasteiger charge is -2.36. The van der Waals surface area contributed by atoms with Gasteiger partial charge in [0.15, 0.2) is 0 Å². The highest BCUT2D eigenvalue weighted by molar-refractivity contribution is 5.77. The van der Waals surface area contributed by atoms with E-state index >= 15 is 0 Å². The molecule has 1 aromatic carbocycles. The fourth-order valence-electron chi connectivity index (χ4n) is 1.83. The number of carboxylic acid groups (broad SMARTS) is 1. The first-order valence-corrected chi connectivity index (χ1v) is 5.87. The van der Waals surface area contributed by atoms with Crippen molar-refractivity contribution >= 4 is 17.3 Å². The highest BCUT2D eigenvalue weighted by Crippen LogP contribution is 2.33. The Morgan fingerprint density at radius 3 is 2.42 bits per heavy atom. The smallest absolute Gasteiger partial charge is 0.323 e. The second kappa shape index (κ2) is 5.26. The maximum atomic E-state index is 11.1. The van der Waals surface area contributed by atoms with Crippen molar-refractivity contribution in [2.75, 3.05) is 11.4 Å². The third kappa shape index (κ3) is 3.67. The predicted octanol–water partition coefficient (Wildman–Crippen LogP) is 2.59. The summed E-state index contributed by atoms with van der Waals surface area (Å²) < 4.78 is 0. The van der Waals surface area contributed by atoms with E-state index in [0.29, 0.717) is 5.69 Å². The molecular formula is C13H18N2O4. The van der Waals surface area contributed by atoms with Gasteiger partial charge in [0.05, 0.1) is 4.92 Å². The highest BCUT2D eigenvalue weighted by atomic mass is 16.6. The van der Waals surface area contributed by atoms with Crippen molar-refractivity contribution in [3.05, 3.63) is 33.9 Å². The molecular weight excluding hydrogens is 248 g/mol. The molecule has 1 N–H and O–H groups in total. The van der Waals surface area contributed by atoms with Crippen molar-refractivity contribution in [1.29, 1.82) is 0 Å². The summed E-state index contributed by atoms with van der Waals surface area (Å²) in [6, 6.07) is 4.79. The normalized spacial score (nSPS) is 11.2. The fraction of sp³-hybridized carbons (Fsp3) is 0.462. The summed E-state index contributed by atoms with van der Waals surface area (Å²) >= 11 is 0. The largest absolute Gasteiger partial charge is 0.480 e. The number of rotatable bonds is 4. The van der Waals surface area contributed by atoms with Gasteiger partial charge in [-0.1, -0.05) is 6.07 Å². The molecule has 0 radical (unpaired) electrons. The van der Waals surface area contributed by atoms with E-state index in [1.54, 1.807) is 19.1 Å². The van der Waals surface area contributed by atoms with Crippen LogP contribution < -0.4 is 4.90 Å². The first-order valence-electron chi connectivity index (χ1n) is 5.87. The average molecular weight is 266 g/mol. The van der Waals surface area contributed by atoms with Crippen molar-refractivity contribution in [1.82, 2.24) is 0 Å². The van der Waals surface area contributed by atoms with Crippen LogP contribution >= 0.6 is 0 Å². The number of nitrogens with zero attached hydrogens (tertiary/aromatic N) is 2. The Balaban J connectivity index is 3.37. The van der Waals surface area contributed by atoms with Crippen LogP contribution in [0.3, 0.4) is 0 Å². The van der Waals surface area contributed by atoms with Crippen LogP contribution in [0.2, 0.25) is 0 Å². The Bertz CT molecular complexity index is 506. The molecule has 19 heavy (non-hydrogen) atoms. The van der Waals surface area contributed by atoms with Crippen molar-refractivity contribution in [2.45, 2.75) is 33.2 Å². The molecule has 1 rings (SSSR count). The number of aliphatic carboxylic acids is 1. The Morgan fingerprint density at radius 1 is 1.42 bits per heavy atom. The van der Waals surface area contributed by atoms with Gasteiger partial charge in [-0.15, -0.1) is 0 Å². The molecule has 0 amide bonds. The van der Waals surface area contributed by atoms with Gasteiger partial charge in [-0.05, 0) is 39.3 Å². The van der Waals surface area contributed by atoms with Crippen LogP contribution in [0.1, 0.15) is 26.3 Å². The predicted molar refractivity (Wildman–Crippen MR) is 72.6 cm³/mol. The number of anilines is 1. The van der Waals surface area contributed by atoms with Crippen molar-refractivity contribution < 1.29 is 14.8 Å². The molecule has 0 bridgehead atoms. The lowest BCUT2D eigenvalue weighted by molar-refractivity contribution is -0.384. The van der Waals surface area contributed by atoms with Crippen LogP contribution in [0, 0.1) is 17.0 Å². The molecule has 0 aliphatic rings. The van der Waals surface area contributed by atoms with Crippen LogP contribution in [0.15, 0.2) is 18.2 Å².